The third kappa shape index (κ3) is 7.51. The molecule has 0 aliphatic carbocycles. The molecule has 9 nitrogen and oxygen atoms in total. The first-order chi connectivity index (χ1) is 14.3. The fourth-order valence-electron chi connectivity index (χ4n) is 3.52. The van der Waals surface area contributed by atoms with Crippen molar-refractivity contribution in [1.82, 2.24) is 15.5 Å². The summed E-state index contributed by atoms with van der Waals surface area (Å²) in [6, 6.07) is 6.81. The van der Waals surface area contributed by atoms with Crippen LogP contribution in [0.2, 0.25) is 0 Å². The van der Waals surface area contributed by atoms with E-state index in [4.69, 9.17) is 15.2 Å². The molecule has 2 rings (SSSR count). The topological polar surface area (TPSA) is 118 Å². The molecule has 1 heterocycles. The average Bonchev–Trinajstić information content (AvgIpc) is 2.88. The average molecular weight is 561 g/mol. The van der Waals surface area contributed by atoms with E-state index < -0.39 is 23.3 Å². The summed E-state index contributed by atoms with van der Waals surface area (Å²) < 4.78 is 11.6. The number of aliphatic imine (C=N–C) groups is 1. The van der Waals surface area contributed by atoms with Crippen LogP contribution in [-0.4, -0.2) is 59.9 Å². The monoisotopic (exact) mass is 561 g/mol. The van der Waals surface area contributed by atoms with Gasteiger partial charge >= 0.3 is 6.09 Å². The minimum absolute atomic E-state index is 0. The molecule has 180 valence electrons. The lowest BCUT2D eigenvalue weighted by molar-refractivity contribution is -0.0755. The maximum Gasteiger partial charge on any atom is 0.412 e. The number of primary amides is 1. The molecule has 1 aliphatic heterocycles. The summed E-state index contributed by atoms with van der Waals surface area (Å²) in [4.78, 5) is 29.9. The Hall–Kier alpha value is -2.08. The fraction of sp³-hybridized carbons (Fsp3) is 0.591. The van der Waals surface area contributed by atoms with Crippen molar-refractivity contribution in [2.45, 2.75) is 71.6 Å². The molecule has 0 spiro atoms. The quantitative estimate of drug-likeness (QED) is 0.289. The van der Waals surface area contributed by atoms with Gasteiger partial charge in [-0.15, -0.1) is 24.0 Å². The first-order valence-corrected chi connectivity index (χ1v) is 10.4. The number of ether oxygens (including phenoxy) is 2. The molecule has 2 unspecified atom stereocenters. The van der Waals surface area contributed by atoms with E-state index in [0.29, 0.717) is 24.6 Å². The van der Waals surface area contributed by atoms with E-state index in [2.05, 4.69) is 15.6 Å². The van der Waals surface area contributed by atoms with E-state index in [1.165, 1.54) is 0 Å². The summed E-state index contributed by atoms with van der Waals surface area (Å²) in [5.74, 6) is 0.127. The predicted molar refractivity (Wildman–Crippen MR) is 135 cm³/mol. The second-order valence-corrected chi connectivity index (χ2v) is 9.06. The number of halogens is 1. The van der Waals surface area contributed by atoms with E-state index in [1.54, 1.807) is 24.1 Å². The van der Waals surface area contributed by atoms with Gasteiger partial charge in [-0.05, 0) is 59.2 Å². The summed E-state index contributed by atoms with van der Waals surface area (Å²) in [5.41, 5.74) is 5.33. The maximum atomic E-state index is 12.9. The van der Waals surface area contributed by atoms with Gasteiger partial charge in [0.25, 0.3) is 0 Å². The molecule has 10 heteroatoms. The molecular weight excluding hydrogens is 525 g/mol. The fourth-order valence-corrected chi connectivity index (χ4v) is 3.52. The van der Waals surface area contributed by atoms with Crippen LogP contribution in [0.4, 0.5) is 4.79 Å². The van der Waals surface area contributed by atoms with Gasteiger partial charge in [0, 0.05) is 25.7 Å². The van der Waals surface area contributed by atoms with Gasteiger partial charge in [0.2, 0.25) is 5.91 Å². The maximum absolute atomic E-state index is 12.9. The van der Waals surface area contributed by atoms with E-state index in [0.717, 1.165) is 5.56 Å². The summed E-state index contributed by atoms with van der Waals surface area (Å²) in [7, 11) is 1.68. The molecule has 1 aliphatic rings. The smallest absolute Gasteiger partial charge is 0.412 e. The van der Waals surface area contributed by atoms with Crippen LogP contribution in [0.25, 0.3) is 0 Å². The molecule has 0 radical (unpaired) electrons. The molecule has 32 heavy (non-hydrogen) atoms. The van der Waals surface area contributed by atoms with E-state index in [-0.39, 0.29) is 36.1 Å². The van der Waals surface area contributed by atoms with Crippen molar-refractivity contribution in [1.29, 1.82) is 0 Å². The Labute approximate surface area is 207 Å². The largest absolute Gasteiger partial charge is 0.444 e. The van der Waals surface area contributed by atoms with E-state index in [9.17, 15) is 9.59 Å². The Balaban J connectivity index is 0.00000512. The van der Waals surface area contributed by atoms with Crippen LogP contribution in [0.5, 0.6) is 0 Å². The first-order valence-electron chi connectivity index (χ1n) is 10.4. The Morgan fingerprint density at radius 2 is 1.81 bits per heavy atom. The van der Waals surface area contributed by atoms with Crippen LogP contribution in [-0.2, 0) is 16.0 Å². The summed E-state index contributed by atoms with van der Waals surface area (Å²) in [6.45, 7) is 12.1. The Morgan fingerprint density at radius 3 is 2.31 bits per heavy atom. The summed E-state index contributed by atoms with van der Waals surface area (Å²) in [6.07, 6.45) is -0.597. The van der Waals surface area contributed by atoms with Crippen molar-refractivity contribution in [2.24, 2.45) is 10.7 Å². The minimum atomic E-state index is -0.785. The zero-order valence-corrected chi connectivity index (χ0v) is 22.2. The number of rotatable bonds is 5. The zero-order chi connectivity index (χ0) is 23.4. The molecular formula is C22H36IN5O4. The van der Waals surface area contributed by atoms with Gasteiger partial charge in [0.15, 0.2) is 5.96 Å². The van der Waals surface area contributed by atoms with Gasteiger partial charge in [-0.25, -0.2) is 4.79 Å². The Kier molecular flexibility index (Phi) is 9.76. The number of hydrogen-bond acceptors (Lipinski definition) is 5. The predicted octanol–water partition coefficient (Wildman–Crippen LogP) is 2.83. The van der Waals surface area contributed by atoms with Gasteiger partial charge in [0.05, 0.1) is 12.1 Å². The normalized spacial score (nSPS) is 20.3. The van der Waals surface area contributed by atoms with Crippen LogP contribution in [0.1, 0.15) is 57.5 Å². The number of nitrogens with two attached hydrogens (primary N) is 1. The minimum Gasteiger partial charge on any atom is -0.444 e. The molecule has 1 aromatic carbocycles. The Bertz CT molecular complexity index is 821. The number of hydrogen-bond donors (Lipinski definition) is 3. The highest BCUT2D eigenvalue weighted by Crippen LogP contribution is 2.33. The van der Waals surface area contributed by atoms with Crippen molar-refractivity contribution in [3.05, 3.63) is 35.4 Å². The summed E-state index contributed by atoms with van der Waals surface area (Å²) in [5, 5.41) is 6.49. The Morgan fingerprint density at radius 1 is 1.22 bits per heavy atom. The van der Waals surface area contributed by atoms with Gasteiger partial charge in [-0.2, -0.15) is 0 Å². The number of amides is 2. The zero-order valence-electron chi connectivity index (χ0n) is 19.9. The van der Waals surface area contributed by atoms with Crippen molar-refractivity contribution < 1.29 is 19.1 Å². The van der Waals surface area contributed by atoms with Crippen LogP contribution >= 0.6 is 24.0 Å². The van der Waals surface area contributed by atoms with Crippen LogP contribution in [0, 0.1) is 0 Å². The van der Waals surface area contributed by atoms with Crippen LogP contribution in [0.15, 0.2) is 29.3 Å². The molecule has 0 bridgehead atoms. The first kappa shape index (κ1) is 28.0. The van der Waals surface area contributed by atoms with Crippen molar-refractivity contribution >= 4 is 41.9 Å². The number of guanidine groups is 1. The van der Waals surface area contributed by atoms with E-state index in [1.807, 2.05) is 53.7 Å². The molecule has 2 amide bonds. The second kappa shape index (κ2) is 11.2. The lowest BCUT2D eigenvalue weighted by Gasteiger charge is -2.35. The number of carbonyl (C=O) groups is 2. The highest BCUT2D eigenvalue weighted by molar-refractivity contribution is 14.0. The van der Waals surface area contributed by atoms with E-state index >= 15 is 0 Å². The molecule has 1 saturated heterocycles. The third-order valence-corrected chi connectivity index (χ3v) is 4.92. The molecule has 2 atom stereocenters. The van der Waals surface area contributed by atoms with Gasteiger partial charge in [-0.1, -0.05) is 12.1 Å². The van der Waals surface area contributed by atoms with Gasteiger partial charge in [0.1, 0.15) is 11.3 Å². The highest BCUT2D eigenvalue weighted by atomic mass is 127. The molecule has 0 aromatic heterocycles. The summed E-state index contributed by atoms with van der Waals surface area (Å²) >= 11 is 0. The van der Waals surface area contributed by atoms with Crippen molar-refractivity contribution in [2.75, 3.05) is 13.6 Å². The lowest BCUT2D eigenvalue weighted by Crippen LogP contribution is -2.54. The lowest BCUT2D eigenvalue weighted by atomic mass is 10.1. The number of carbonyl (C=O) groups excluding carboxylic acids is 2. The van der Waals surface area contributed by atoms with Gasteiger partial charge < -0.3 is 25.8 Å². The van der Waals surface area contributed by atoms with Gasteiger partial charge in [-0.3, -0.25) is 14.7 Å². The van der Waals surface area contributed by atoms with Crippen molar-refractivity contribution in [3.63, 3.8) is 0 Å². The van der Waals surface area contributed by atoms with Crippen LogP contribution < -0.4 is 16.4 Å². The molecule has 0 saturated carbocycles. The second-order valence-electron chi connectivity index (χ2n) is 9.06. The standard InChI is InChI=1S/C22H35N5O4.HI/c1-14-17(27(22(5,6)30-14)20(29)31-21(2,3)4)13-26-19(24-7)25-12-15-8-10-16(11-9-15)18(23)28;/h8-11,14,17H,12-13H2,1-7H3,(H2,23,28)(H2,24,25,26);1H. The SMILES string of the molecule is CN=C(NCc1ccc(C(N)=O)cc1)NCC1C(C)OC(C)(C)N1C(=O)OC(C)(C)C.I. The number of nitrogens with zero attached hydrogens (tertiary/aromatic N) is 2. The molecule has 4 N–H and O–H groups in total. The third-order valence-electron chi connectivity index (χ3n) is 4.92. The van der Waals surface area contributed by atoms with Crippen LogP contribution in [0.3, 0.4) is 0 Å². The number of benzene rings is 1. The molecule has 1 fully saturated rings. The molecule has 1 aromatic rings. The van der Waals surface area contributed by atoms with Crippen molar-refractivity contribution in [3.8, 4) is 0 Å². The highest BCUT2D eigenvalue weighted by Gasteiger charge is 2.49. The number of nitrogens with one attached hydrogen (secondary N) is 2.